The largest absolute Gasteiger partial charge is 0.508 e. The van der Waals surface area contributed by atoms with Crippen LogP contribution < -0.4 is 0 Å². The number of phenols is 1. The lowest BCUT2D eigenvalue weighted by Crippen LogP contribution is -2.07. The first-order valence-corrected chi connectivity index (χ1v) is 4.63. The summed E-state index contributed by atoms with van der Waals surface area (Å²) in [5.74, 6) is -1.33. The van der Waals surface area contributed by atoms with Crippen LogP contribution in [0.1, 0.15) is 17.3 Å². The molecular weight excluding hydrogens is 237 g/mol. The minimum absolute atomic E-state index is 0.0789. The van der Waals surface area contributed by atoms with E-state index in [4.69, 9.17) is 5.11 Å². The third-order valence-corrected chi connectivity index (χ3v) is 2.01. The summed E-state index contributed by atoms with van der Waals surface area (Å²) in [5, 5.41) is 11.9. The number of benzene rings is 1. The Morgan fingerprint density at radius 3 is 2.35 bits per heavy atom. The molecule has 0 fully saturated rings. The van der Waals surface area contributed by atoms with Gasteiger partial charge in [0.05, 0.1) is 6.42 Å². The lowest BCUT2D eigenvalue weighted by molar-refractivity contribution is -0.146. The second-order valence-electron chi connectivity index (χ2n) is 3.35. The summed E-state index contributed by atoms with van der Waals surface area (Å²) in [4.78, 5) is 3.23. The van der Waals surface area contributed by atoms with Crippen LogP contribution in [0.4, 0.5) is 13.2 Å². The normalized spacial score (nSPS) is 11.7. The molecule has 0 aliphatic rings. The molecule has 0 saturated heterocycles. The van der Waals surface area contributed by atoms with Crippen LogP contribution >= 0.6 is 0 Å². The van der Waals surface area contributed by atoms with Gasteiger partial charge in [0.1, 0.15) is 5.75 Å². The highest BCUT2D eigenvalue weighted by atomic mass is 19.4. The van der Waals surface area contributed by atoms with Crippen molar-refractivity contribution in [2.75, 3.05) is 0 Å². The molecule has 90 valence electrons. The average molecular weight is 244 g/mol. The summed E-state index contributed by atoms with van der Waals surface area (Å²) >= 11 is 0. The van der Waals surface area contributed by atoms with Crippen molar-refractivity contribution in [2.24, 2.45) is 0 Å². The fraction of sp³-hybridized carbons (Fsp3) is 0.200. The number of nitrogens with zero attached hydrogens (tertiary/aromatic N) is 2. The van der Waals surface area contributed by atoms with Gasteiger partial charge in [0.25, 0.3) is 5.82 Å². The molecule has 0 radical (unpaired) electrons. The standard InChI is InChI=1S/C10H7F3N2O2/c11-10(12,13)9-14-8(17-15-9)5-6-1-3-7(16)4-2-6/h1-4,16H,5H2. The molecule has 0 unspecified atom stereocenters. The molecule has 7 heteroatoms. The van der Waals surface area contributed by atoms with Crippen LogP contribution in [0.15, 0.2) is 28.8 Å². The molecule has 0 atom stereocenters. The molecule has 1 aromatic carbocycles. The van der Waals surface area contributed by atoms with Crippen molar-refractivity contribution in [1.82, 2.24) is 10.1 Å². The smallest absolute Gasteiger partial charge is 0.455 e. The van der Waals surface area contributed by atoms with Gasteiger partial charge >= 0.3 is 6.18 Å². The number of aromatic hydroxyl groups is 1. The molecule has 1 aromatic heterocycles. The average Bonchev–Trinajstić information content (AvgIpc) is 2.69. The van der Waals surface area contributed by atoms with Gasteiger partial charge in [-0.2, -0.15) is 18.2 Å². The third-order valence-electron chi connectivity index (χ3n) is 2.01. The second-order valence-corrected chi connectivity index (χ2v) is 3.35. The van der Waals surface area contributed by atoms with E-state index in [1.165, 1.54) is 12.1 Å². The van der Waals surface area contributed by atoms with Crippen molar-refractivity contribution < 1.29 is 22.8 Å². The molecule has 1 N–H and O–H groups in total. The zero-order valence-corrected chi connectivity index (χ0v) is 8.40. The molecule has 4 nitrogen and oxygen atoms in total. The van der Waals surface area contributed by atoms with E-state index in [9.17, 15) is 13.2 Å². The van der Waals surface area contributed by atoms with E-state index >= 15 is 0 Å². The van der Waals surface area contributed by atoms with Crippen molar-refractivity contribution in [1.29, 1.82) is 0 Å². The predicted octanol–water partition coefficient (Wildman–Crippen LogP) is 2.38. The van der Waals surface area contributed by atoms with Gasteiger partial charge in [-0.1, -0.05) is 17.3 Å². The molecule has 1 heterocycles. The molecule has 0 aliphatic carbocycles. The Hall–Kier alpha value is -2.05. The fourth-order valence-corrected chi connectivity index (χ4v) is 1.23. The van der Waals surface area contributed by atoms with Crippen LogP contribution in [0.5, 0.6) is 5.75 Å². The van der Waals surface area contributed by atoms with Gasteiger partial charge in [-0.05, 0) is 17.7 Å². The van der Waals surface area contributed by atoms with E-state index in [-0.39, 0.29) is 18.1 Å². The summed E-state index contributed by atoms with van der Waals surface area (Å²) in [6.07, 6.45) is -4.51. The first kappa shape index (κ1) is 11.4. The Kier molecular flexibility index (Phi) is 2.74. The van der Waals surface area contributed by atoms with Crippen LogP contribution in [0, 0.1) is 0 Å². The minimum atomic E-state index is -4.60. The maximum absolute atomic E-state index is 12.2. The number of aromatic nitrogens is 2. The molecular formula is C10H7F3N2O2. The fourth-order valence-electron chi connectivity index (χ4n) is 1.23. The van der Waals surface area contributed by atoms with E-state index < -0.39 is 12.0 Å². The number of alkyl halides is 3. The quantitative estimate of drug-likeness (QED) is 0.881. The Bertz CT molecular complexity index is 505. The van der Waals surface area contributed by atoms with E-state index in [2.05, 4.69) is 14.7 Å². The third kappa shape index (κ3) is 2.74. The minimum Gasteiger partial charge on any atom is -0.508 e. The predicted molar refractivity (Wildman–Crippen MR) is 50.2 cm³/mol. The first-order chi connectivity index (χ1) is 7.95. The number of hydrogen-bond acceptors (Lipinski definition) is 4. The van der Waals surface area contributed by atoms with Crippen molar-refractivity contribution >= 4 is 0 Å². The SMILES string of the molecule is Oc1ccc(Cc2nc(C(F)(F)F)no2)cc1. The Balaban J connectivity index is 2.14. The maximum Gasteiger partial charge on any atom is 0.455 e. The summed E-state index contributed by atoms with van der Waals surface area (Å²) in [6, 6.07) is 5.98. The van der Waals surface area contributed by atoms with Gasteiger partial charge < -0.3 is 9.63 Å². The zero-order valence-electron chi connectivity index (χ0n) is 8.40. The molecule has 2 rings (SSSR count). The van der Waals surface area contributed by atoms with Gasteiger partial charge in [-0.25, -0.2) is 0 Å². The summed E-state index contributed by atoms with van der Waals surface area (Å²) in [7, 11) is 0. The van der Waals surface area contributed by atoms with Gasteiger partial charge in [0.2, 0.25) is 5.89 Å². The summed E-state index contributed by atoms with van der Waals surface area (Å²) in [5.41, 5.74) is 0.667. The van der Waals surface area contributed by atoms with Gasteiger partial charge in [0, 0.05) is 0 Å². The van der Waals surface area contributed by atoms with Crippen molar-refractivity contribution in [3.05, 3.63) is 41.5 Å². The molecule has 0 bridgehead atoms. The first-order valence-electron chi connectivity index (χ1n) is 4.63. The number of phenolic OH excluding ortho intramolecular Hbond substituents is 1. The molecule has 0 amide bonds. The van der Waals surface area contributed by atoms with E-state index in [1.54, 1.807) is 12.1 Å². The molecule has 0 aliphatic heterocycles. The number of hydrogen-bond donors (Lipinski definition) is 1. The summed E-state index contributed by atoms with van der Waals surface area (Å²) in [6.45, 7) is 0. The van der Waals surface area contributed by atoms with Crippen molar-refractivity contribution in [3.8, 4) is 5.75 Å². The lowest BCUT2D eigenvalue weighted by Gasteiger charge is -1.97. The van der Waals surface area contributed by atoms with Gasteiger partial charge in [0.15, 0.2) is 0 Å². The molecule has 0 spiro atoms. The van der Waals surface area contributed by atoms with Crippen LogP contribution in [-0.4, -0.2) is 15.2 Å². The second kappa shape index (κ2) is 4.08. The molecule has 0 saturated carbocycles. The van der Waals surface area contributed by atoms with E-state index in [0.717, 1.165) is 0 Å². The summed E-state index contributed by atoms with van der Waals surface area (Å²) < 4.78 is 41.0. The molecule has 2 aromatic rings. The highest BCUT2D eigenvalue weighted by Crippen LogP contribution is 2.26. The maximum atomic E-state index is 12.2. The van der Waals surface area contributed by atoms with E-state index in [1.807, 2.05) is 0 Å². The monoisotopic (exact) mass is 244 g/mol. The van der Waals surface area contributed by atoms with Gasteiger partial charge in [-0.3, -0.25) is 0 Å². The highest BCUT2D eigenvalue weighted by molar-refractivity contribution is 5.27. The van der Waals surface area contributed by atoms with Crippen LogP contribution in [-0.2, 0) is 12.6 Å². The van der Waals surface area contributed by atoms with E-state index in [0.29, 0.717) is 5.56 Å². The topological polar surface area (TPSA) is 59.2 Å². The van der Waals surface area contributed by atoms with Crippen LogP contribution in [0.2, 0.25) is 0 Å². The molecule has 17 heavy (non-hydrogen) atoms. The number of halogens is 3. The van der Waals surface area contributed by atoms with Gasteiger partial charge in [-0.15, -0.1) is 0 Å². The Morgan fingerprint density at radius 2 is 1.82 bits per heavy atom. The Labute approximate surface area is 93.7 Å². The van der Waals surface area contributed by atoms with Crippen LogP contribution in [0.3, 0.4) is 0 Å². The highest BCUT2D eigenvalue weighted by Gasteiger charge is 2.37. The lowest BCUT2D eigenvalue weighted by atomic mass is 10.1. The van der Waals surface area contributed by atoms with Crippen molar-refractivity contribution in [2.45, 2.75) is 12.6 Å². The zero-order chi connectivity index (χ0) is 12.5. The number of rotatable bonds is 2. The Morgan fingerprint density at radius 1 is 1.18 bits per heavy atom. The van der Waals surface area contributed by atoms with Crippen LogP contribution in [0.25, 0.3) is 0 Å². The van der Waals surface area contributed by atoms with Crippen molar-refractivity contribution in [3.63, 3.8) is 0 Å².